The van der Waals surface area contributed by atoms with E-state index in [-0.39, 0.29) is 6.04 Å². The molecule has 0 amide bonds. The lowest BCUT2D eigenvalue weighted by Gasteiger charge is -2.27. The molecule has 3 aromatic heterocycles. The van der Waals surface area contributed by atoms with E-state index >= 15 is 8.78 Å². The molecule has 36 heavy (non-hydrogen) atoms. The van der Waals surface area contributed by atoms with E-state index in [1.54, 1.807) is 26.2 Å². The van der Waals surface area contributed by atoms with Crippen LogP contribution in [0.25, 0.3) is 22.6 Å². The number of aliphatic imine (C=N–C) groups is 1. The van der Waals surface area contributed by atoms with Crippen LogP contribution in [0.3, 0.4) is 0 Å². The van der Waals surface area contributed by atoms with Gasteiger partial charge >= 0.3 is 5.92 Å². The SMILES string of the molecule is CN=C(C=CN)Nc1cc(-c2cc3n(c2)C[C@H](C)n2c-3nnc2C(F)(F)c2ccccc2F)ccn1. The minimum absolute atomic E-state index is 0.298. The number of amidine groups is 1. The summed E-state index contributed by atoms with van der Waals surface area (Å²) in [6, 6.07) is 10.0. The number of pyridine rings is 1. The van der Waals surface area contributed by atoms with Crippen LogP contribution in [-0.4, -0.2) is 37.2 Å². The normalized spacial score (nSPS) is 15.7. The highest BCUT2D eigenvalue weighted by Gasteiger charge is 2.44. The monoisotopic (exact) mass is 492 g/mol. The van der Waals surface area contributed by atoms with E-state index in [1.807, 2.05) is 29.0 Å². The van der Waals surface area contributed by atoms with Crippen molar-refractivity contribution in [1.29, 1.82) is 0 Å². The van der Waals surface area contributed by atoms with Crippen LogP contribution < -0.4 is 11.1 Å². The third-order valence-electron chi connectivity index (χ3n) is 6.06. The van der Waals surface area contributed by atoms with Crippen LogP contribution in [0.2, 0.25) is 0 Å². The minimum atomic E-state index is -3.65. The van der Waals surface area contributed by atoms with Crippen molar-refractivity contribution in [2.75, 3.05) is 12.4 Å². The molecule has 4 aromatic rings. The average Bonchev–Trinajstić information content (AvgIpc) is 3.49. The van der Waals surface area contributed by atoms with Gasteiger partial charge in [-0.25, -0.2) is 9.37 Å². The molecule has 0 bridgehead atoms. The molecule has 1 aliphatic rings. The molecule has 1 atom stereocenters. The van der Waals surface area contributed by atoms with Gasteiger partial charge in [-0.1, -0.05) is 12.1 Å². The summed E-state index contributed by atoms with van der Waals surface area (Å²) in [6.07, 6.45) is 6.59. The highest BCUT2D eigenvalue weighted by molar-refractivity contribution is 6.03. The Morgan fingerprint density at radius 1 is 1.19 bits per heavy atom. The largest absolute Gasteiger partial charge is 0.404 e. The maximum atomic E-state index is 15.4. The Morgan fingerprint density at radius 3 is 2.75 bits per heavy atom. The second-order valence-corrected chi connectivity index (χ2v) is 8.41. The van der Waals surface area contributed by atoms with Gasteiger partial charge in [0.25, 0.3) is 0 Å². The topological polar surface area (TPSA) is 98.9 Å². The van der Waals surface area contributed by atoms with E-state index in [4.69, 9.17) is 5.73 Å². The molecule has 4 heterocycles. The van der Waals surface area contributed by atoms with Gasteiger partial charge in [0.15, 0.2) is 5.82 Å². The fourth-order valence-corrected chi connectivity index (χ4v) is 4.38. The van der Waals surface area contributed by atoms with Gasteiger partial charge in [-0.15, -0.1) is 10.2 Å². The zero-order chi connectivity index (χ0) is 25.4. The zero-order valence-electron chi connectivity index (χ0n) is 19.5. The number of benzene rings is 1. The van der Waals surface area contributed by atoms with Crippen molar-refractivity contribution < 1.29 is 13.2 Å². The van der Waals surface area contributed by atoms with Gasteiger partial charge in [0.05, 0.1) is 17.3 Å². The molecule has 0 saturated carbocycles. The number of aromatic nitrogens is 5. The van der Waals surface area contributed by atoms with Crippen molar-refractivity contribution in [2.45, 2.75) is 25.4 Å². The van der Waals surface area contributed by atoms with Gasteiger partial charge in [0.1, 0.15) is 17.5 Å². The molecule has 0 saturated heterocycles. The third kappa shape index (κ3) is 3.92. The second-order valence-electron chi connectivity index (χ2n) is 8.41. The predicted molar refractivity (Wildman–Crippen MR) is 131 cm³/mol. The molecule has 1 aliphatic heterocycles. The fraction of sp³-hybridized carbons (Fsp3) is 0.200. The molecule has 5 rings (SSSR count). The molecule has 184 valence electrons. The van der Waals surface area contributed by atoms with Crippen LogP contribution in [0.5, 0.6) is 0 Å². The summed E-state index contributed by atoms with van der Waals surface area (Å²) >= 11 is 0. The zero-order valence-corrected chi connectivity index (χ0v) is 19.5. The van der Waals surface area contributed by atoms with Crippen molar-refractivity contribution in [3.05, 3.63) is 84.3 Å². The Morgan fingerprint density at radius 2 is 2.00 bits per heavy atom. The summed E-state index contributed by atoms with van der Waals surface area (Å²) in [6.45, 7) is 2.23. The summed E-state index contributed by atoms with van der Waals surface area (Å²) in [5.74, 6) is -3.81. The Balaban J connectivity index is 1.53. The number of hydrogen-bond donors (Lipinski definition) is 2. The maximum absolute atomic E-state index is 15.4. The molecule has 0 spiro atoms. The molecule has 1 aromatic carbocycles. The quantitative estimate of drug-likeness (QED) is 0.314. The van der Waals surface area contributed by atoms with Crippen molar-refractivity contribution in [2.24, 2.45) is 10.7 Å². The lowest BCUT2D eigenvalue weighted by Crippen LogP contribution is -2.28. The Kier molecular flexibility index (Phi) is 5.83. The molecule has 8 nitrogen and oxygen atoms in total. The third-order valence-corrected chi connectivity index (χ3v) is 6.06. The van der Waals surface area contributed by atoms with E-state index in [0.717, 1.165) is 23.3 Å². The van der Waals surface area contributed by atoms with Crippen LogP contribution in [0.1, 0.15) is 24.4 Å². The van der Waals surface area contributed by atoms with E-state index in [9.17, 15) is 4.39 Å². The number of fused-ring (bicyclic) bond motifs is 3. The summed E-state index contributed by atoms with van der Waals surface area (Å²) < 4.78 is 48.4. The van der Waals surface area contributed by atoms with Crippen molar-refractivity contribution in [3.8, 4) is 22.6 Å². The van der Waals surface area contributed by atoms with Crippen LogP contribution in [0.15, 0.2) is 72.1 Å². The molecular weight excluding hydrogens is 469 g/mol. The highest BCUT2D eigenvalue weighted by Crippen LogP contribution is 2.41. The molecule has 0 unspecified atom stereocenters. The number of nitrogens with one attached hydrogen (secondary N) is 1. The van der Waals surface area contributed by atoms with Crippen LogP contribution in [0, 0.1) is 5.82 Å². The van der Waals surface area contributed by atoms with Crippen LogP contribution in [0.4, 0.5) is 19.0 Å². The first-order valence-corrected chi connectivity index (χ1v) is 11.2. The first-order valence-electron chi connectivity index (χ1n) is 11.2. The van der Waals surface area contributed by atoms with Crippen LogP contribution >= 0.6 is 0 Å². The number of alkyl halides is 2. The second kappa shape index (κ2) is 8.99. The lowest BCUT2D eigenvalue weighted by molar-refractivity contribution is 0.0231. The number of nitrogens with zero attached hydrogens (tertiary/aromatic N) is 6. The summed E-state index contributed by atoms with van der Waals surface area (Å²) in [4.78, 5) is 8.42. The molecule has 0 fully saturated rings. The van der Waals surface area contributed by atoms with E-state index in [1.165, 1.54) is 22.9 Å². The van der Waals surface area contributed by atoms with Gasteiger partial charge in [-0.3, -0.25) is 9.56 Å². The van der Waals surface area contributed by atoms with E-state index < -0.39 is 23.1 Å². The standard InChI is InChI=1S/C25H23F3N8/c1-15-13-35-14-17(16-8-10-31-22(12-16)32-21(30-2)7-9-29)11-20(35)23-33-34-24(36(15)23)25(27,28)18-5-3-4-6-19(18)26/h3-12,14-15H,13,29H2,1-2H3,(H,30,31,32)/t15-/m0/s1. The summed E-state index contributed by atoms with van der Waals surface area (Å²) in [5, 5.41) is 11.0. The maximum Gasteiger partial charge on any atom is 0.334 e. The first-order chi connectivity index (χ1) is 17.3. The minimum Gasteiger partial charge on any atom is -0.404 e. The van der Waals surface area contributed by atoms with E-state index in [2.05, 4.69) is 25.5 Å². The van der Waals surface area contributed by atoms with Gasteiger partial charge in [0.2, 0.25) is 5.82 Å². The van der Waals surface area contributed by atoms with Gasteiger partial charge in [-0.05, 0) is 55.1 Å². The molecule has 3 N–H and O–H groups in total. The Hall–Kier alpha value is -4.41. The number of halogens is 3. The first kappa shape index (κ1) is 23.3. The Bertz CT molecular complexity index is 1480. The lowest BCUT2D eigenvalue weighted by atomic mass is 10.1. The molecule has 0 aliphatic carbocycles. The van der Waals surface area contributed by atoms with Crippen molar-refractivity contribution >= 4 is 11.7 Å². The fourth-order valence-electron chi connectivity index (χ4n) is 4.38. The molecule has 0 radical (unpaired) electrons. The van der Waals surface area contributed by atoms with Gasteiger partial charge in [-0.2, -0.15) is 8.78 Å². The van der Waals surface area contributed by atoms with Crippen LogP contribution in [-0.2, 0) is 12.5 Å². The number of hydrogen-bond acceptors (Lipinski definition) is 5. The van der Waals surface area contributed by atoms with Gasteiger partial charge < -0.3 is 15.6 Å². The molecular formula is C25H23F3N8. The molecule has 11 heteroatoms. The average molecular weight is 493 g/mol. The number of anilines is 1. The predicted octanol–water partition coefficient (Wildman–Crippen LogP) is 4.58. The van der Waals surface area contributed by atoms with Crippen molar-refractivity contribution in [1.82, 2.24) is 24.3 Å². The van der Waals surface area contributed by atoms with E-state index in [0.29, 0.717) is 29.7 Å². The number of rotatable bonds is 5. The summed E-state index contributed by atoms with van der Waals surface area (Å²) in [5.41, 5.74) is 7.07. The Labute approximate surface area is 205 Å². The van der Waals surface area contributed by atoms with Crippen molar-refractivity contribution in [3.63, 3.8) is 0 Å². The smallest absolute Gasteiger partial charge is 0.334 e. The number of nitrogens with two attached hydrogens (primary N) is 1. The highest BCUT2D eigenvalue weighted by atomic mass is 19.3. The summed E-state index contributed by atoms with van der Waals surface area (Å²) in [7, 11) is 1.63. The van der Waals surface area contributed by atoms with Gasteiger partial charge in [0, 0.05) is 31.5 Å².